The number of hydrogen-bond donors (Lipinski definition) is 1. The molecule has 0 saturated carbocycles. The summed E-state index contributed by atoms with van der Waals surface area (Å²) in [5.41, 5.74) is -1.28. The van der Waals surface area contributed by atoms with E-state index >= 15 is 0 Å². The first-order chi connectivity index (χ1) is 13.1. The van der Waals surface area contributed by atoms with Crippen LogP contribution in [0.5, 0.6) is 0 Å². The molecule has 0 aliphatic carbocycles. The van der Waals surface area contributed by atoms with Gasteiger partial charge >= 0.3 is 6.18 Å². The number of anilines is 1. The third-order valence-electron chi connectivity index (χ3n) is 4.50. The topological polar surface area (TPSA) is 62.3 Å². The van der Waals surface area contributed by atoms with Crippen LogP contribution in [-0.2, 0) is 15.8 Å². The first-order valence-corrected chi connectivity index (χ1v) is 8.12. The van der Waals surface area contributed by atoms with E-state index in [0.717, 1.165) is 24.3 Å². The number of nitrogens with one attached hydrogen (secondary N) is 1. The number of hydrogen-bond acceptors (Lipinski definition) is 3. The second-order valence-corrected chi connectivity index (χ2v) is 6.36. The van der Waals surface area contributed by atoms with Crippen molar-refractivity contribution in [3.05, 3.63) is 59.4 Å². The fraction of sp³-hybridized carbons (Fsp3) is 0.278. The monoisotopic (exact) mass is 399 g/mol. The van der Waals surface area contributed by atoms with E-state index in [2.05, 4.69) is 10.3 Å². The molecule has 0 bridgehead atoms. The van der Waals surface area contributed by atoms with Gasteiger partial charge in [0.15, 0.2) is 11.6 Å². The Kier molecular flexibility index (Phi) is 5.05. The van der Waals surface area contributed by atoms with Crippen molar-refractivity contribution in [2.75, 3.05) is 18.9 Å². The molecule has 1 aliphatic rings. The molecule has 1 saturated heterocycles. The molecule has 28 heavy (non-hydrogen) atoms. The molecule has 1 aliphatic heterocycles. The molecule has 2 atom stereocenters. The van der Waals surface area contributed by atoms with Gasteiger partial charge in [0.25, 0.3) is 0 Å². The maximum absolute atomic E-state index is 13.8. The van der Waals surface area contributed by atoms with Gasteiger partial charge in [-0.25, -0.2) is 8.78 Å². The van der Waals surface area contributed by atoms with Crippen LogP contribution in [0.1, 0.15) is 17.2 Å². The van der Waals surface area contributed by atoms with Crippen molar-refractivity contribution in [1.29, 1.82) is 0 Å². The van der Waals surface area contributed by atoms with Crippen molar-refractivity contribution in [3.8, 4) is 0 Å². The summed E-state index contributed by atoms with van der Waals surface area (Å²) in [4.78, 5) is 30.0. The zero-order valence-corrected chi connectivity index (χ0v) is 14.4. The highest BCUT2D eigenvalue weighted by Gasteiger charge is 2.45. The van der Waals surface area contributed by atoms with Crippen molar-refractivity contribution >= 4 is 17.5 Å². The lowest BCUT2D eigenvalue weighted by atomic mass is 9.91. The van der Waals surface area contributed by atoms with Crippen LogP contribution in [0.25, 0.3) is 0 Å². The van der Waals surface area contributed by atoms with Crippen molar-refractivity contribution in [2.24, 2.45) is 5.92 Å². The van der Waals surface area contributed by atoms with E-state index in [9.17, 15) is 31.5 Å². The highest BCUT2D eigenvalue weighted by atomic mass is 19.4. The zero-order valence-electron chi connectivity index (χ0n) is 14.4. The van der Waals surface area contributed by atoms with Crippen molar-refractivity contribution in [1.82, 2.24) is 9.88 Å². The summed E-state index contributed by atoms with van der Waals surface area (Å²) < 4.78 is 65.2. The Hall–Kier alpha value is -3.04. The maximum Gasteiger partial charge on any atom is 0.417 e. The number of carbonyl (C=O) groups is 2. The molecule has 5 nitrogen and oxygen atoms in total. The van der Waals surface area contributed by atoms with Crippen LogP contribution < -0.4 is 5.32 Å². The Labute approximate surface area is 156 Å². The summed E-state index contributed by atoms with van der Waals surface area (Å²) in [6.07, 6.45) is -3.95. The minimum Gasteiger partial charge on any atom is -0.344 e. The van der Waals surface area contributed by atoms with Crippen LogP contribution in [0.15, 0.2) is 36.5 Å². The lowest BCUT2D eigenvalue weighted by Crippen LogP contribution is -2.33. The van der Waals surface area contributed by atoms with Crippen LogP contribution in [-0.4, -0.2) is 35.3 Å². The first kappa shape index (κ1) is 19.7. The molecule has 2 aromatic rings. The van der Waals surface area contributed by atoms with E-state index < -0.39 is 52.7 Å². The summed E-state index contributed by atoms with van der Waals surface area (Å²) in [6.45, 7) is 0.0426. The summed E-state index contributed by atoms with van der Waals surface area (Å²) in [5, 5.41) is 2.17. The van der Waals surface area contributed by atoms with Crippen molar-refractivity contribution < 1.29 is 31.5 Å². The Balaban J connectivity index is 1.88. The summed E-state index contributed by atoms with van der Waals surface area (Å²) >= 11 is 0. The van der Waals surface area contributed by atoms with E-state index in [-0.39, 0.29) is 12.2 Å². The molecule has 1 fully saturated rings. The largest absolute Gasteiger partial charge is 0.417 e. The van der Waals surface area contributed by atoms with Crippen molar-refractivity contribution in [3.63, 3.8) is 0 Å². The van der Waals surface area contributed by atoms with Gasteiger partial charge in [0.2, 0.25) is 11.8 Å². The molecule has 3 rings (SSSR count). The molecule has 2 amide bonds. The smallest absolute Gasteiger partial charge is 0.344 e. The predicted molar refractivity (Wildman–Crippen MR) is 88.1 cm³/mol. The number of pyridine rings is 1. The minimum atomic E-state index is -4.57. The third kappa shape index (κ3) is 3.67. The highest BCUT2D eigenvalue weighted by molar-refractivity contribution is 6.08. The molecule has 1 aromatic carbocycles. The number of benzene rings is 1. The average molecular weight is 399 g/mol. The number of halogens is 5. The summed E-state index contributed by atoms with van der Waals surface area (Å²) in [6, 6.07) is 5.10. The second kappa shape index (κ2) is 7.17. The number of likely N-dealkylation sites (tertiary alicyclic amines) is 1. The van der Waals surface area contributed by atoms with Gasteiger partial charge in [-0.1, -0.05) is 6.07 Å². The fourth-order valence-electron chi connectivity index (χ4n) is 3.06. The highest BCUT2D eigenvalue weighted by Crippen LogP contribution is 2.35. The Bertz CT molecular complexity index is 914. The Morgan fingerprint density at radius 3 is 2.54 bits per heavy atom. The van der Waals surface area contributed by atoms with Gasteiger partial charge in [0, 0.05) is 31.4 Å². The molecular weight excluding hydrogens is 385 g/mol. The van der Waals surface area contributed by atoms with Crippen LogP contribution >= 0.6 is 0 Å². The lowest BCUT2D eigenvalue weighted by molar-refractivity contribution is -0.138. The molecule has 0 radical (unpaired) electrons. The van der Waals surface area contributed by atoms with E-state index in [1.807, 2.05) is 0 Å². The number of rotatable bonds is 3. The first-order valence-electron chi connectivity index (χ1n) is 8.12. The lowest BCUT2D eigenvalue weighted by Gasteiger charge is -2.17. The molecule has 1 aromatic heterocycles. The molecule has 0 unspecified atom stereocenters. The third-order valence-corrected chi connectivity index (χ3v) is 4.50. The number of nitrogens with zero attached hydrogens (tertiary/aromatic N) is 2. The van der Waals surface area contributed by atoms with Gasteiger partial charge in [-0.2, -0.15) is 13.2 Å². The van der Waals surface area contributed by atoms with Crippen LogP contribution in [0.4, 0.5) is 27.6 Å². The molecule has 1 N–H and O–H groups in total. The molecule has 2 heterocycles. The summed E-state index contributed by atoms with van der Waals surface area (Å²) in [7, 11) is 1.43. The quantitative estimate of drug-likeness (QED) is 0.637. The molecular formula is C18H14F5N3O2. The van der Waals surface area contributed by atoms with E-state index in [0.29, 0.717) is 6.20 Å². The fourth-order valence-corrected chi connectivity index (χ4v) is 3.06. The van der Waals surface area contributed by atoms with Gasteiger partial charge in [-0.15, -0.1) is 0 Å². The SMILES string of the molecule is CN1C[C@H](c2ccc(C(F)(F)F)cn2)[C@@H](C(=O)Nc2cccc(F)c2F)C1=O. The van der Waals surface area contributed by atoms with E-state index in [1.54, 1.807) is 0 Å². The predicted octanol–water partition coefficient (Wildman–Crippen LogP) is 3.19. The van der Waals surface area contributed by atoms with Gasteiger partial charge < -0.3 is 10.2 Å². The van der Waals surface area contributed by atoms with Gasteiger partial charge in [-0.05, 0) is 24.3 Å². The van der Waals surface area contributed by atoms with Crippen molar-refractivity contribution in [2.45, 2.75) is 12.1 Å². The Morgan fingerprint density at radius 1 is 1.21 bits per heavy atom. The minimum absolute atomic E-state index is 0.0426. The number of aromatic nitrogens is 1. The molecule has 148 valence electrons. The van der Waals surface area contributed by atoms with Crippen LogP contribution in [0.2, 0.25) is 0 Å². The molecule has 0 spiro atoms. The second-order valence-electron chi connectivity index (χ2n) is 6.36. The van der Waals surface area contributed by atoms with Gasteiger partial charge in [0.1, 0.15) is 5.92 Å². The molecule has 10 heteroatoms. The zero-order chi connectivity index (χ0) is 20.6. The van der Waals surface area contributed by atoms with E-state index in [4.69, 9.17) is 0 Å². The number of amides is 2. The number of alkyl halides is 3. The standard InChI is InChI=1S/C18H14F5N3O2/c1-26-8-10(12-6-5-9(7-24-12)18(21,22)23)14(17(26)28)16(27)25-13-4-2-3-11(19)15(13)20/h2-7,10,14H,8H2,1H3,(H,25,27)/t10-,14+/m1/s1. The number of likely N-dealkylation sites (N-methyl/N-ethyl adjacent to an activating group) is 1. The summed E-state index contributed by atoms with van der Waals surface area (Å²) in [5.74, 6) is -6.12. The normalized spacial score (nSPS) is 19.8. The average Bonchev–Trinajstić information content (AvgIpc) is 2.93. The van der Waals surface area contributed by atoms with E-state index in [1.165, 1.54) is 18.0 Å². The van der Waals surface area contributed by atoms with Crippen LogP contribution in [0, 0.1) is 17.6 Å². The van der Waals surface area contributed by atoms with Gasteiger partial charge in [0.05, 0.1) is 11.3 Å². The Morgan fingerprint density at radius 2 is 1.93 bits per heavy atom. The van der Waals surface area contributed by atoms with Gasteiger partial charge in [-0.3, -0.25) is 14.6 Å². The maximum atomic E-state index is 13.8. The van der Waals surface area contributed by atoms with Crippen LogP contribution in [0.3, 0.4) is 0 Å². The number of carbonyl (C=O) groups excluding carboxylic acids is 2.